The molecule has 0 radical (unpaired) electrons. The molecule has 5 nitrogen and oxygen atoms in total. The van der Waals surface area contributed by atoms with Crippen LogP contribution in [-0.2, 0) is 15.5 Å². The van der Waals surface area contributed by atoms with Gasteiger partial charge in [0.1, 0.15) is 5.82 Å². The number of nitrogens with zero attached hydrogens (tertiary/aromatic N) is 2. The predicted molar refractivity (Wildman–Crippen MR) is 65.7 cm³/mol. The molecule has 0 spiro atoms. The van der Waals surface area contributed by atoms with Crippen LogP contribution in [0.1, 0.15) is 10.4 Å². The maximum Gasteiger partial charge on any atom is 0.338 e. The van der Waals surface area contributed by atoms with Crippen LogP contribution in [0, 0.1) is 0 Å². The minimum Gasteiger partial charge on any atom is -0.465 e. The highest BCUT2D eigenvalue weighted by Crippen LogP contribution is 2.15. The number of hydrogen-bond acceptors (Lipinski definition) is 5. The first-order chi connectivity index (χ1) is 8.20. The van der Waals surface area contributed by atoms with E-state index in [2.05, 4.69) is 9.72 Å². The van der Waals surface area contributed by atoms with Gasteiger partial charge in [-0.3, -0.25) is 4.21 Å². The number of hydrogen-bond donors (Lipinski definition) is 0. The number of pyridine rings is 1. The molecule has 0 aromatic carbocycles. The van der Waals surface area contributed by atoms with E-state index < -0.39 is 10.8 Å². The predicted octanol–water partition coefficient (Wildman–Crippen LogP) is 0.437. The highest BCUT2D eigenvalue weighted by molar-refractivity contribution is 7.85. The minimum absolute atomic E-state index is 0.366. The van der Waals surface area contributed by atoms with Gasteiger partial charge in [0.05, 0.1) is 12.7 Å². The van der Waals surface area contributed by atoms with Crippen LogP contribution in [0.5, 0.6) is 0 Å². The van der Waals surface area contributed by atoms with Crippen LogP contribution < -0.4 is 4.90 Å². The first kappa shape index (κ1) is 12.0. The maximum atomic E-state index is 11.4. The Labute approximate surface area is 102 Å². The van der Waals surface area contributed by atoms with Gasteiger partial charge in [0, 0.05) is 41.6 Å². The van der Waals surface area contributed by atoms with Gasteiger partial charge in [-0.15, -0.1) is 0 Å². The van der Waals surface area contributed by atoms with E-state index in [-0.39, 0.29) is 5.97 Å². The smallest absolute Gasteiger partial charge is 0.338 e. The Kier molecular flexibility index (Phi) is 3.73. The Balaban J connectivity index is 2.16. The Morgan fingerprint density at radius 3 is 2.82 bits per heavy atom. The minimum atomic E-state index is -0.711. The lowest BCUT2D eigenvalue weighted by atomic mass is 10.2. The molecule has 0 amide bonds. The lowest BCUT2D eigenvalue weighted by molar-refractivity contribution is 0.0600. The number of aromatic nitrogens is 1. The number of ether oxygens (including phenoxy) is 1. The standard InChI is InChI=1S/C11H14N2O3S/c1-16-11(14)9-2-3-12-10(8-9)13-4-6-17(15)7-5-13/h2-3,8H,4-7H2,1H3. The third-order valence-corrected chi connectivity index (χ3v) is 3.94. The summed E-state index contributed by atoms with van der Waals surface area (Å²) in [6, 6.07) is 3.33. The molecule has 1 aromatic rings. The van der Waals surface area contributed by atoms with Crippen LogP contribution in [-0.4, -0.2) is 46.9 Å². The molecule has 1 aromatic heterocycles. The number of carbonyl (C=O) groups excluding carboxylic acids is 1. The molecule has 0 saturated carbocycles. The van der Waals surface area contributed by atoms with Crippen LogP contribution in [0.15, 0.2) is 18.3 Å². The van der Waals surface area contributed by atoms with E-state index >= 15 is 0 Å². The molecule has 2 heterocycles. The van der Waals surface area contributed by atoms with Crippen LogP contribution in [0.25, 0.3) is 0 Å². The van der Waals surface area contributed by atoms with Gasteiger partial charge >= 0.3 is 5.97 Å². The van der Waals surface area contributed by atoms with Gasteiger partial charge in [0.15, 0.2) is 0 Å². The normalized spacial score (nSPS) is 16.9. The topological polar surface area (TPSA) is 59.5 Å². The molecule has 6 heteroatoms. The van der Waals surface area contributed by atoms with Crippen molar-refractivity contribution in [3.05, 3.63) is 23.9 Å². The third-order valence-electron chi connectivity index (χ3n) is 2.67. The van der Waals surface area contributed by atoms with Gasteiger partial charge in [-0.2, -0.15) is 0 Å². The van der Waals surface area contributed by atoms with Crippen molar-refractivity contribution >= 4 is 22.6 Å². The first-order valence-electron chi connectivity index (χ1n) is 5.35. The summed E-state index contributed by atoms with van der Waals surface area (Å²) in [7, 11) is 0.642. The van der Waals surface area contributed by atoms with Crippen LogP contribution >= 0.6 is 0 Å². The Bertz CT molecular complexity index is 440. The molecule has 0 unspecified atom stereocenters. The Morgan fingerprint density at radius 1 is 1.47 bits per heavy atom. The number of methoxy groups -OCH3 is 1. The van der Waals surface area contributed by atoms with Crippen molar-refractivity contribution in [1.82, 2.24) is 4.98 Å². The van der Waals surface area contributed by atoms with Crippen molar-refractivity contribution in [1.29, 1.82) is 0 Å². The van der Waals surface area contributed by atoms with Gasteiger partial charge < -0.3 is 9.64 Å². The summed E-state index contributed by atoms with van der Waals surface area (Å²) in [5.41, 5.74) is 0.490. The fourth-order valence-electron chi connectivity index (χ4n) is 1.70. The van der Waals surface area contributed by atoms with Crippen molar-refractivity contribution < 1.29 is 13.7 Å². The quantitative estimate of drug-likeness (QED) is 0.717. The van der Waals surface area contributed by atoms with E-state index in [0.29, 0.717) is 30.2 Å². The zero-order chi connectivity index (χ0) is 12.3. The second-order valence-electron chi connectivity index (χ2n) is 3.73. The molecule has 0 aliphatic carbocycles. The van der Waals surface area contributed by atoms with E-state index in [1.54, 1.807) is 18.3 Å². The molecule has 92 valence electrons. The fraction of sp³-hybridized carbons (Fsp3) is 0.455. The SMILES string of the molecule is COC(=O)c1ccnc(N2CCS(=O)CC2)c1. The lowest BCUT2D eigenvalue weighted by Gasteiger charge is -2.27. The molecule has 0 N–H and O–H groups in total. The highest BCUT2D eigenvalue weighted by Gasteiger charge is 2.17. The number of rotatable bonds is 2. The molecular weight excluding hydrogens is 240 g/mol. The summed E-state index contributed by atoms with van der Waals surface area (Å²) in [5.74, 6) is 1.69. The molecule has 17 heavy (non-hydrogen) atoms. The summed E-state index contributed by atoms with van der Waals surface area (Å²) in [6.07, 6.45) is 1.59. The number of carbonyl (C=O) groups is 1. The first-order valence-corrected chi connectivity index (χ1v) is 6.84. The zero-order valence-electron chi connectivity index (χ0n) is 9.59. The van der Waals surface area contributed by atoms with E-state index in [1.807, 2.05) is 4.90 Å². The fourth-order valence-corrected chi connectivity index (χ4v) is 2.76. The van der Waals surface area contributed by atoms with Crippen molar-refractivity contribution in [3.8, 4) is 0 Å². The average molecular weight is 254 g/mol. The maximum absolute atomic E-state index is 11.4. The third kappa shape index (κ3) is 2.82. The van der Waals surface area contributed by atoms with Gasteiger partial charge in [-0.25, -0.2) is 9.78 Å². The van der Waals surface area contributed by atoms with Crippen LogP contribution in [0.3, 0.4) is 0 Å². The van der Waals surface area contributed by atoms with Gasteiger partial charge in [-0.1, -0.05) is 0 Å². The zero-order valence-corrected chi connectivity index (χ0v) is 10.4. The molecule has 0 bridgehead atoms. The van der Waals surface area contributed by atoms with E-state index in [4.69, 9.17) is 0 Å². The number of anilines is 1. The van der Waals surface area contributed by atoms with E-state index in [1.165, 1.54) is 7.11 Å². The molecule has 2 rings (SSSR count). The molecule has 1 aliphatic rings. The molecule has 1 fully saturated rings. The summed E-state index contributed by atoms with van der Waals surface area (Å²) >= 11 is 0. The largest absolute Gasteiger partial charge is 0.465 e. The average Bonchev–Trinajstić information content (AvgIpc) is 2.39. The highest BCUT2D eigenvalue weighted by atomic mass is 32.2. The van der Waals surface area contributed by atoms with Crippen molar-refractivity contribution in [2.45, 2.75) is 0 Å². The summed E-state index contributed by atoms with van der Waals surface area (Å²) in [4.78, 5) is 17.6. The van der Waals surface area contributed by atoms with Gasteiger partial charge in [0.25, 0.3) is 0 Å². The molecule has 0 atom stereocenters. The Morgan fingerprint density at radius 2 is 2.18 bits per heavy atom. The van der Waals surface area contributed by atoms with Crippen LogP contribution in [0.4, 0.5) is 5.82 Å². The lowest BCUT2D eigenvalue weighted by Crippen LogP contribution is -2.38. The molecule has 1 saturated heterocycles. The summed E-state index contributed by atoms with van der Waals surface area (Å²) < 4.78 is 15.9. The second-order valence-corrected chi connectivity index (χ2v) is 5.43. The second kappa shape index (κ2) is 5.27. The summed E-state index contributed by atoms with van der Waals surface area (Å²) in [6.45, 7) is 1.43. The van der Waals surface area contributed by atoms with E-state index in [0.717, 1.165) is 5.82 Å². The molecular formula is C11H14N2O3S. The van der Waals surface area contributed by atoms with E-state index in [9.17, 15) is 9.00 Å². The summed E-state index contributed by atoms with van der Waals surface area (Å²) in [5, 5.41) is 0. The number of esters is 1. The van der Waals surface area contributed by atoms with Crippen LogP contribution in [0.2, 0.25) is 0 Å². The van der Waals surface area contributed by atoms with Crippen molar-refractivity contribution in [3.63, 3.8) is 0 Å². The van der Waals surface area contributed by atoms with Gasteiger partial charge in [-0.05, 0) is 12.1 Å². The molecule has 1 aliphatic heterocycles. The monoisotopic (exact) mass is 254 g/mol. The van der Waals surface area contributed by atoms with Crippen molar-refractivity contribution in [2.75, 3.05) is 36.6 Å². The van der Waals surface area contributed by atoms with Gasteiger partial charge in [0.2, 0.25) is 0 Å². The Hall–Kier alpha value is -1.43. The van der Waals surface area contributed by atoms with Crippen molar-refractivity contribution in [2.24, 2.45) is 0 Å².